The molecule has 1 aliphatic carbocycles. The van der Waals surface area contributed by atoms with Crippen LogP contribution in [-0.2, 0) is 6.42 Å². The third-order valence-corrected chi connectivity index (χ3v) is 3.63. The summed E-state index contributed by atoms with van der Waals surface area (Å²) < 4.78 is 5.46. The number of rotatable bonds is 5. The molecule has 1 saturated carbocycles. The van der Waals surface area contributed by atoms with Crippen LogP contribution in [-0.4, -0.2) is 12.6 Å². The minimum Gasteiger partial charge on any atom is -0.464 e. The summed E-state index contributed by atoms with van der Waals surface area (Å²) in [5.41, 5.74) is 2.39. The average Bonchev–Trinajstić information content (AvgIpc) is 3.07. The highest BCUT2D eigenvalue weighted by Gasteiger charge is 2.30. The van der Waals surface area contributed by atoms with Crippen molar-refractivity contribution < 1.29 is 4.42 Å². The molecule has 0 radical (unpaired) electrons. The molecule has 0 amide bonds. The van der Waals surface area contributed by atoms with E-state index >= 15 is 0 Å². The molecule has 3 rings (SSSR count). The lowest BCUT2D eigenvalue weighted by molar-refractivity contribution is 0.472. The fraction of sp³-hybridized carbons (Fsp3) is 0.467. The van der Waals surface area contributed by atoms with Gasteiger partial charge >= 0.3 is 0 Å². The van der Waals surface area contributed by atoms with Gasteiger partial charge in [-0.05, 0) is 49.4 Å². The van der Waals surface area contributed by atoms with E-state index in [1.807, 2.05) is 6.07 Å². The standard InChI is InChI=1S/C15H19NO/c1-2-16-14(12-5-6-12)9-11-3-4-13-7-8-17-15(13)10-11/h3-4,7-8,10,12,14,16H,2,5-6,9H2,1H3/t14-/m1/s1. The molecule has 1 atom stereocenters. The molecule has 2 nitrogen and oxygen atoms in total. The van der Waals surface area contributed by atoms with Gasteiger partial charge in [0.2, 0.25) is 0 Å². The van der Waals surface area contributed by atoms with Gasteiger partial charge in [-0.25, -0.2) is 0 Å². The summed E-state index contributed by atoms with van der Waals surface area (Å²) >= 11 is 0. The Morgan fingerprint density at radius 3 is 3.00 bits per heavy atom. The van der Waals surface area contributed by atoms with E-state index < -0.39 is 0 Å². The Balaban J connectivity index is 1.77. The van der Waals surface area contributed by atoms with Crippen molar-refractivity contribution in [3.63, 3.8) is 0 Å². The second-order valence-electron chi connectivity index (χ2n) is 5.00. The Labute approximate surface area is 102 Å². The number of nitrogens with one attached hydrogen (secondary N) is 1. The van der Waals surface area contributed by atoms with E-state index in [1.54, 1.807) is 6.26 Å². The van der Waals surface area contributed by atoms with Crippen molar-refractivity contribution in [3.8, 4) is 0 Å². The molecule has 2 aromatic rings. The molecule has 0 spiro atoms. The first-order valence-corrected chi connectivity index (χ1v) is 6.56. The van der Waals surface area contributed by atoms with Crippen LogP contribution in [0.4, 0.5) is 0 Å². The topological polar surface area (TPSA) is 25.2 Å². The van der Waals surface area contributed by atoms with E-state index in [1.165, 1.54) is 23.8 Å². The van der Waals surface area contributed by atoms with Gasteiger partial charge in [0.15, 0.2) is 0 Å². The summed E-state index contributed by atoms with van der Waals surface area (Å²) in [6.07, 6.45) is 5.66. The largest absolute Gasteiger partial charge is 0.464 e. The first-order chi connectivity index (χ1) is 8.36. The highest BCUT2D eigenvalue weighted by Crippen LogP contribution is 2.34. The first-order valence-electron chi connectivity index (χ1n) is 6.56. The average molecular weight is 229 g/mol. The Bertz CT molecular complexity index is 498. The van der Waals surface area contributed by atoms with E-state index in [2.05, 4.69) is 30.4 Å². The second kappa shape index (κ2) is 4.53. The SMILES string of the molecule is CCN[C@H](Cc1ccc2ccoc2c1)C1CC1. The van der Waals surface area contributed by atoms with E-state index in [9.17, 15) is 0 Å². The van der Waals surface area contributed by atoms with Crippen LogP contribution in [0.25, 0.3) is 11.0 Å². The van der Waals surface area contributed by atoms with Crippen molar-refractivity contribution >= 4 is 11.0 Å². The number of furan rings is 1. The lowest BCUT2D eigenvalue weighted by Crippen LogP contribution is -2.32. The van der Waals surface area contributed by atoms with Crippen LogP contribution in [0, 0.1) is 5.92 Å². The molecular formula is C15H19NO. The zero-order valence-electron chi connectivity index (χ0n) is 10.3. The van der Waals surface area contributed by atoms with Crippen LogP contribution in [0.5, 0.6) is 0 Å². The van der Waals surface area contributed by atoms with Crippen molar-refractivity contribution in [1.29, 1.82) is 0 Å². The van der Waals surface area contributed by atoms with Crippen LogP contribution < -0.4 is 5.32 Å². The molecule has 0 bridgehead atoms. The molecule has 1 N–H and O–H groups in total. The van der Waals surface area contributed by atoms with E-state index in [4.69, 9.17) is 4.42 Å². The van der Waals surface area contributed by atoms with Crippen molar-refractivity contribution in [2.45, 2.75) is 32.2 Å². The van der Waals surface area contributed by atoms with Gasteiger partial charge in [0.25, 0.3) is 0 Å². The molecular weight excluding hydrogens is 210 g/mol. The lowest BCUT2D eigenvalue weighted by Gasteiger charge is -2.17. The summed E-state index contributed by atoms with van der Waals surface area (Å²) in [4.78, 5) is 0. The minimum absolute atomic E-state index is 0.646. The van der Waals surface area contributed by atoms with Gasteiger partial charge in [-0.1, -0.05) is 19.1 Å². The third-order valence-electron chi connectivity index (χ3n) is 3.63. The molecule has 0 aliphatic heterocycles. The van der Waals surface area contributed by atoms with Gasteiger partial charge in [0.1, 0.15) is 5.58 Å². The van der Waals surface area contributed by atoms with Crippen LogP contribution in [0.15, 0.2) is 34.9 Å². The zero-order chi connectivity index (χ0) is 11.7. The molecule has 1 aromatic heterocycles. The Morgan fingerprint density at radius 2 is 2.24 bits per heavy atom. The van der Waals surface area contributed by atoms with Crippen LogP contribution in [0.2, 0.25) is 0 Å². The van der Waals surface area contributed by atoms with Crippen LogP contribution in [0.3, 0.4) is 0 Å². The fourth-order valence-corrected chi connectivity index (χ4v) is 2.55. The number of fused-ring (bicyclic) bond motifs is 1. The Hall–Kier alpha value is -1.28. The highest BCUT2D eigenvalue weighted by molar-refractivity contribution is 5.77. The maximum absolute atomic E-state index is 5.46. The Kier molecular flexibility index (Phi) is 2.89. The van der Waals surface area contributed by atoms with Crippen molar-refractivity contribution in [3.05, 3.63) is 36.1 Å². The van der Waals surface area contributed by atoms with Gasteiger partial charge in [0.05, 0.1) is 6.26 Å². The summed E-state index contributed by atoms with van der Waals surface area (Å²) in [6, 6.07) is 9.23. The molecule has 1 fully saturated rings. The smallest absolute Gasteiger partial charge is 0.134 e. The van der Waals surface area contributed by atoms with E-state index in [-0.39, 0.29) is 0 Å². The monoisotopic (exact) mass is 229 g/mol. The maximum Gasteiger partial charge on any atom is 0.134 e. The molecule has 0 saturated heterocycles. The predicted octanol–water partition coefficient (Wildman–Crippen LogP) is 3.36. The van der Waals surface area contributed by atoms with Gasteiger partial charge in [-0.15, -0.1) is 0 Å². The zero-order valence-corrected chi connectivity index (χ0v) is 10.3. The first kappa shape index (κ1) is 10.8. The van der Waals surface area contributed by atoms with Crippen molar-refractivity contribution in [2.24, 2.45) is 5.92 Å². The van der Waals surface area contributed by atoms with Crippen molar-refractivity contribution in [2.75, 3.05) is 6.54 Å². The molecule has 90 valence electrons. The van der Waals surface area contributed by atoms with Crippen LogP contribution >= 0.6 is 0 Å². The van der Waals surface area contributed by atoms with Gasteiger partial charge < -0.3 is 9.73 Å². The number of hydrogen-bond donors (Lipinski definition) is 1. The fourth-order valence-electron chi connectivity index (χ4n) is 2.55. The van der Waals surface area contributed by atoms with E-state index in [0.717, 1.165) is 24.5 Å². The normalized spacial score (nSPS) is 17.5. The summed E-state index contributed by atoms with van der Waals surface area (Å²) in [5, 5.41) is 4.80. The molecule has 1 aromatic carbocycles. The Morgan fingerprint density at radius 1 is 1.35 bits per heavy atom. The predicted molar refractivity (Wildman–Crippen MR) is 70.1 cm³/mol. The summed E-state index contributed by atoms with van der Waals surface area (Å²) in [7, 11) is 0. The van der Waals surface area contributed by atoms with Crippen molar-refractivity contribution in [1.82, 2.24) is 5.32 Å². The quantitative estimate of drug-likeness (QED) is 0.850. The molecule has 1 heterocycles. The maximum atomic E-state index is 5.46. The molecule has 17 heavy (non-hydrogen) atoms. The third kappa shape index (κ3) is 2.37. The van der Waals surface area contributed by atoms with E-state index in [0.29, 0.717) is 6.04 Å². The number of likely N-dealkylation sites (N-methyl/N-ethyl adjacent to an activating group) is 1. The summed E-state index contributed by atoms with van der Waals surface area (Å²) in [5.74, 6) is 0.891. The highest BCUT2D eigenvalue weighted by atomic mass is 16.3. The number of benzene rings is 1. The second-order valence-corrected chi connectivity index (χ2v) is 5.00. The number of hydrogen-bond acceptors (Lipinski definition) is 2. The molecule has 2 heteroatoms. The molecule has 0 unspecified atom stereocenters. The minimum atomic E-state index is 0.646. The van der Waals surface area contributed by atoms with Gasteiger partial charge in [-0.2, -0.15) is 0 Å². The molecule has 1 aliphatic rings. The lowest BCUT2D eigenvalue weighted by atomic mass is 10.0. The summed E-state index contributed by atoms with van der Waals surface area (Å²) in [6.45, 7) is 3.25. The van der Waals surface area contributed by atoms with Gasteiger partial charge in [-0.3, -0.25) is 0 Å². The van der Waals surface area contributed by atoms with Crippen LogP contribution in [0.1, 0.15) is 25.3 Å². The van der Waals surface area contributed by atoms with Gasteiger partial charge in [0, 0.05) is 11.4 Å².